The summed E-state index contributed by atoms with van der Waals surface area (Å²) in [6, 6.07) is 0. The van der Waals surface area contributed by atoms with Crippen LogP contribution in [0.4, 0.5) is 0 Å². The van der Waals surface area contributed by atoms with E-state index in [0.29, 0.717) is 25.7 Å². The van der Waals surface area contributed by atoms with Crippen LogP contribution in [-0.4, -0.2) is 96.7 Å². The molecule has 636 valence electrons. The molecule has 0 aromatic heterocycles. The minimum absolute atomic E-state index is 0.108. The maximum absolute atomic E-state index is 13.2. The molecule has 0 aromatic rings. The molecule has 19 heteroatoms. The lowest BCUT2D eigenvalue weighted by Crippen LogP contribution is -2.30. The summed E-state index contributed by atoms with van der Waals surface area (Å²) in [6.07, 6.45) is 75.0. The zero-order valence-corrected chi connectivity index (χ0v) is 72.1. The van der Waals surface area contributed by atoms with E-state index in [-0.39, 0.29) is 25.7 Å². The second-order valence-corrected chi connectivity index (χ2v) is 34.8. The maximum atomic E-state index is 13.2. The van der Waals surface area contributed by atoms with Crippen molar-refractivity contribution in [3.05, 3.63) is 0 Å². The third kappa shape index (κ3) is 80.5. The van der Waals surface area contributed by atoms with Crippen LogP contribution < -0.4 is 0 Å². The molecular formula is C88H172O17P2. The second kappa shape index (κ2) is 80.7. The summed E-state index contributed by atoms with van der Waals surface area (Å²) < 4.78 is 69.0. The van der Waals surface area contributed by atoms with Crippen LogP contribution in [-0.2, 0) is 65.4 Å². The van der Waals surface area contributed by atoms with Gasteiger partial charge in [-0.25, -0.2) is 9.13 Å². The Hall–Kier alpha value is -1.94. The summed E-state index contributed by atoms with van der Waals surface area (Å²) in [5.41, 5.74) is 0. The highest BCUT2D eigenvalue weighted by atomic mass is 31.2. The fourth-order valence-corrected chi connectivity index (χ4v) is 15.4. The van der Waals surface area contributed by atoms with Crippen molar-refractivity contribution in [3.63, 3.8) is 0 Å². The van der Waals surface area contributed by atoms with E-state index in [0.717, 1.165) is 95.8 Å². The zero-order valence-electron chi connectivity index (χ0n) is 70.3. The number of hydrogen-bond donors (Lipinski definition) is 3. The van der Waals surface area contributed by atoms with Gasteiger partial charge in [0.2, 0.25) is 0 Å². The minimum atomic E-state index is -4.97. The van der Waals surface area contributed by atoms with Gasteiger partial charge in [-0.2, -0.15) is 0 Å². The molecule has 0 aliphatic carbocycles. The number of phosphoric acid groups is 2. The normalized spacial score (nSPS) is 14.0. The van der Waals surface area contributed by atoms with Crippen molar-refractivity contribution in [2.75, 3.05) is 39.6 Å². The number of aliphatic hydroxyl groups excluding tert-OH is 1. The molecule has 0 spiro atoms. The van der Waals surface area contributed by atoms with E-state index >= 15 is 0 Å². The van der Waals surface area contributed by atoms with Crippen molar-refractivity contribution in [2.24, 2.45) is 5.92 Å². The van der Waals surface area contributed by atoms with E-state index in [1.807, 2.05) is 0 Å². The molecule has 3 N–H and O–H groups in total. The molecule has 0 fully saturated rings. The fourth-order valence-electron chi connectivity index (χ4n) is 13.8. The lowest BCUT2D eigenvalue weighted by atomic mass is 9.99. The van der Waals surface area contributed by atoms with Gasteiger partial charge in [0.15, 0.2) is 12.2 Å². The summed E-state index contributed by atoms with van der Waals surface area (Å²) in [6.45, 7) is 7.38. The summed E-state index contributed by atoms with van der Waals surface area (Å²) in [4.78, 5) is 73.3. The molecule has 0 rings (SSSR count). The number of carbonyl (C=O) groups excluding carboxylic acids is 4. The predicted octanol–water partition coefficient (Wildman–Crippen LogP) is 27.2. The molecule has 0 radical (unpaired) electrons. The van der Waals surface area contributed by atoms with Gasteiger partial charge in [0.05, 0.1) is 26.4 Å². The monoisotopic (exact) mass is 1560 g/mol. The Kier molecular flexibility index (Phi) is 79.2. The SMILES string of the molecule is CCCCCCCCCCCCCCCCCCCCCCCC(=O)O[C@H](COC(=O)CCCCCCCCCCCCCCCCCCCCCC)COP(=O)(O)OC[C@@H](O)COP(=O)(O)OC[C@@H](COC(=O)CCCCCCCCCCC(C)CC)OC(=O)CCCCCCCCCCCCCCCC. The third-order valence-electron chi connectivity index (χ3n) is 21.1. The molecule has 0 heterocycles. The first-order valence-corrected chi connectivity index (χ1v) is 48.7. The molecule has 0 bridgehead atoms. The Labute approximate surface area is 658 Å². The van der Waals surface area contributed by atoms with Gasteiger partial charge in [-0.05, 0) is 31.6 Å². The number of carbonyl (C=O) groups is 4. The van der Waals surface area contributed by atoms with Crippen LogP contribution in [0.1, 0.15) is 478 Å². The molecule has 0 aliphatic heterocycles. The van der Waals surface area contributed by atoms with Crippen molar-refractivity contribution >= 4 is 39.5 Å². The molecule has 107 heavy (non-hydrogen) atoms. The first kappa shape index (κ1) is 105. The Morgan fingerprint density at radius 3 is 0.664 bits per heavy atom. The molecule has 6 atom stereocenters. The third-order valence-corrected chi connectivity index (χ3v) is 23.0. The Bertz CT molecular complexity index is 2030. The first-order chi connectivity index (χ1) is 52.1. The minimum Gasteiger partial charge on any atom is -0.462 e. The summed E-state index contributed by atoms with van der Waals surface area (Å²) in [5, 5.41) is 10.7. The number of hydrogen-bond acceptors (Lipinski definition) is 15. The van der Waals surface area contributed by atoms with E-state index in [9.17, 15) is 43.2 Å². The van der Waals surface area contributed by atoms with Gasteiger partial charge in [-0.3, -0.25) is 37.3 Å². The Morgan fingerprint density at radius 2 is 0.449 bits per heavy atom. The van der Waals surface area contributed by atoms with Gasteiger partial charge < -0.3 is 33.8 Å². The van der Waals surface area contributed by atoms with Crippen LogP contribution in [0.2, 0.25) is 0 Å². The zero-order chi connectivity index (χ0) is 78.3. The van der Waals surface area contributed by atoms with Crippen molar-refractivity contribution in [1.29, 1.82) is 0 Å². The van der Waals surface area contributed by atoms with Crippen LogP contribution in [0.3, 0.4) is 0 Å². The van der Waals surface area contributed by atoms with Crippen molar-refractivity contribution in [2.45, 2.75) is 496 Å². The maximum Gasteiger partial charge on any atom is 0.472 e. The lowest BCUT2D eigenvalue weighted by Gasteiger charge is -2.21. The number of ether oxygens (including phenoxy) is 4. The molecular weight excluding hydrogens is 1390 g/mol. The van der Waals surface area contributed by atoms with E-state index in [2.05, 4.69) is 34.6 Å². The van der Waals surface area contributed by atoms with Gasteiger partial charge in [-0.1, -0.05) is 426 Å². The van der Waals surface area contributed by atoms with Gasteiger partial charge >= 0.3 is 39.5 Å². The first-order valence-electron chi connectivity index (χ1n) is 45.7. The fraction of sp³-hybridized carbons (Fsp3) is 0.955. The van der Waals surface area contributed by atoms with E-state index in [1.165, 1.54) is 302 Å². The number of unbranched alkanes of at least 4 members (excludes halogenated alkanes) is 59. The molecule has 0 aromatic carbocycles. The summed E-state index contributed by atoms with van der Waals surface area (Å²) in [5.74, 6) is -1.32. The number of aliphatic hydroxyl groups is 1. The quantitative estimate of drug-likeness (QED) is 0.0222. The van der Waals surface area contributed by atoms with Crippen LogP contribution in [0.25, 0.3) is 0 Å². The second-order valence-electron chi connectivity index (χ2n) is 31.9. The van der Waals surface area contributed by atoms with E-state index in [4.69, 9.17) is 37.0 Å². The van der Waals surface area contributed by atoms with Crippen LogP contribution in [0.5, 0.6) is 0 Å². The Balaban J connectivity index is 5.24. The largest absolute Gasteiger partial charge is 0.472 e. The molecule has 3 unspecified atom stereocenters. The number of phosphoric ester groups is 2. The highest BCUT2D eigenvalue weighted by Gasteiger charge is 2.30. The van der Waals surface area contributed by atoms with Crippen LogP contribution in [0, 0.1) is 5.92 Å². The molecule has 0 amide bonds. The van der Waals surface area contributed by atoms with E-state index < -0.39 is 97.5 Å². The smallest absolute Gasteiger partial charge is 0.462 e. The van der Waals surface area contributed by atoms with Gasteiger partial charge in [-0.15, -0.1) is 0 Å². The van der Waals surface area contributed by atoms with Gasteiger partial charge in [0, 0.05) is 25.7 Å². The summed E-state index contributed by atoms with van der Waals surface area (Å²) in [7, 11) is -9.93. The number of rotatable bonds is 88. The predicted molar refractivity (Wildman–Crippen MR) is 442 cm³/mol. The highest BCUT2D eigenvalue weighted by Crippen LogP contribution is 2.45. The average Bonchev–Trinajstić information content (AvgIpc) is 0.900. The molecule has 0 aliphatic rings. The standard InChI is InChI=1S/C88H172O17P2/c1-6-10-13-16-19-22-25-28-31-33-35-37-39-41-43-46-49-52-59-64-69-74-88(93)104-83(77-98-85(90)71-66-61-56-50-47-45-42-40-38-36-34-32-29-26-23-20-17-14-11-7-2)79-102-106(94,95)100-75-82(89)76-101-107(96,97)103-80-84(78-99-86(91)72-67-62-57-54-53-55-60-65-70-81(5)9-4)105-87(92)73-68-63-58-51-48-44-30-27-24-21-18-15-12-8-3/h81-84,89H,6-80H2,1-5H3,(H,94,95)(H,96,97)/t81?,82-,83-,84-/m1/s1. The van der Waals surface area contributed by atoms with Crippen molar-refractivity contribution in [1.82, 2.24) is 0 Å². The summed E-state index contributed by atoms with van der Waals surface area (Å²) >= 11 is 0. The average molecular weight is 1560 g/mol. The topological polar surface area (TPSA) is 237 Å². The van der Waals surface area contributed by atoms with Crippen molar-refractivity contribution in [3.8, 4) is 0 Å². The van der Waals surface area contributed by atoms with Gasteiger partial charge in [0.25, 0.3) is 0 Å². The van der Waals surface area contributed by atoms with Crippen LogP contribution in [0.15, 0.2) is 0 Å². The number of esters is 4. The van der Waals surface area contributed by atoms with E-state index in [1.54, 1.807) is 0 Å². The highest BCUT2D eigenvalue weighted by molar-refractivity contribution is 7.47. The van der Waals surface area contributed by atoms with Gasteiger partial charge in [0.1, 0.15) is 19.3 Å². The van der Waals surface area contributed by atoms with Crippen LogP contribution >= 0.6 is 15.6 Å². The molecule has 0 saturated carbocycles. The molecule has 17 nitrogen and oxygen atoms in total. The lowest BCUT2D eigenvalue weighted by molar-refractivity contribution is -0.161. The molecule has 0 saturated heterocycles. The van der Waals surface area contributed by atoms with Crippen molar-refractivity contribution < 1.29 is 80.2 Å². The Morgan fingerprint density at radius 1 is 0.262 bits per heavy atom.